The summed E-state index contributed by atoms with van der Waals surface area (Å²) in [7, 11) is 0. The number of hydrogen-bond acceptors (Lipinski definition) is 4. The van der Waals surface area contributed by atoms with Crippen molar-refractivity contribution in [2.24, 2.45) is 0 Å². The Kier molecular flexibility index (Phi) is 3.50. The van der Waals surface area contributed by atoms with E-state index in [4.69, 9.17) is 9.47 Å². The Morgan fingerprint density at radius 1 is 1.18 bits per heavy atom. The van der Waals surface area contributed by atoms with Crippen molar-refractivity contribution < 1.29 is 23.5 Å². The van der Waals surface area contributed by atoms with Crippen molar-refractivity contribution in [3.63, 3.8) is 0 Å². The predicted molar refractivity (Wildman–Crippen MR) is 76.9 cm³/mol. The number of Topliss-reactive ketones (excluding diaryl/α,β-unsaturated/α-hetero) is 1. The molecule has 6 heteroatoms. The fourth-order valence-corrected chi connectivity index (χ4v) is 2.25. The second-order valence-electron chi connectivity index (χ2n) is 4.74. The number of hydrogen-bond donors (Lipinski definition) is 1. The predicted octanol–water partition coefficient (Wildman–Crippen LogP) is 3.01. The van der Waals surface area contributed by atoms with Gasteiger partial charge >= 0.3 is 0 Å². The van der Waals surface area contributed by atoms with Crippen molar-refractivity contribution in [1.29, 1.82) is 0 Å². The summed E-state index contributed by atoms with van der Waals surface area (Å²) in [4.78, 5) is 24.0. The molecule has 1 N–H and O–H groups in total. The van der Waals surface area contributed by atoms with Crippen LogP contribution in [-0.4, -0.2) is 18.5 Å². The molecule has 1 aliphatic rings. The van der Waals surface area contributed by atoms with Gasteiger partial charge in [0.1, 0.15) is 5.82 Å². The van der Waals surface area contributed by atoms with Crippen LogP contribution in [-0.2, 0) is 0 Å². The average Bonchev–Trinajstić information content (AvgIpc) is 2.94. The second-order valence-corrected chi connectivity index (χ2v) is 4.74. The molecule has 0 atom stereocenters. The summed E-state index contributed by atoms with van der Waals surface area (Å²) in [5.74, 6) is -0.526. The van der Waals surface area contributed by atoms with E-state index in [9.17, 15) is 14.0 Å². The maximum absolute atomic E-state index is 13.2. The summed E-state index contributed by atoms with van der Waals surface area (Å²) in [5.41, 5.74) is 0.693. The summed E-state index contributed by atoms with van der Waals surface area (Å²) in [6.45, 7) is 1.39. The second kappa shape index (κ2) is 5.48. The Labute approximate surface area is 125 Å². The molecule has 2 aromatic carbocycles. The highest BCUT2D eigenvalue weighted by Crippen LogP contribution is 2.40. The highest BCUT2D eigenvalue weighted by molar-refractivity contribution is 6.10. The lowest BCUT2D eigenvalue weighted by atomic mass is 10.1. The number of benzene rings is 2. The maximum atomic E-state index is 13.2. The van der Waals surface area contributed by atoms with E-state index in [1.54, 1.807) is 12.1 Å². The zero-order chi connectivity index (χ0) is 15.7. The van der Waals surface area contributed by atoms with Gasteiger partial charge in [-0.1, -0.05) is 6.07 Å². The van der Waals surface area contributed by atoms with Crippen LogP contribution in [0.3, 0.4) is 0 Å². The third-order valence-corrected chi connectivity index (χ3v) is 3.23. The normalized spacial score (nSPS) is 12.1. The van der Waals surface area contributed by atoms with E-state index in [0.29, 0.717) is 17.2 Å². The molecule has 112 valence electrons. The van der Waals surface area contributed by atoms with Gasteiger partial charge in [0.15, 0.2) is 17.3 Å². The first-order chi connectivity index (χ1) is 10.6. The molecule has 0 saturated carbocycles. The van der Waals surface area contributed by atoms with Gasteiger partial charge in [0, 0.05) is 5.56 Å². The van der Waals surface area contributed by atoms with E-state index in [1.807, 2.05) is 0 Å². The molecular formula is C16H12FNO4. The number of rotatable bonds is 3. The quantitative estimate of drug-likeness (QED) is 0.885. The van der Waals surface area contributed by atoms with Crippen molar-refractivity contribution in [2.45, 2.75) is 6.92 Å². The largest absolute Gasteiger partial charge is 0.454 e. The number of fused-ring (bicyclic) bond motifs is 1. The van der Waals surface area contributed by atoms with Gasteiger partial charge < -0.3 is 14.8 Å². The Bertz CT molecular complexity index is 773. The van der Waals surface area contributed by atoms with E-state index in [-0.39, 0.29) is 23.7 Å². The smallest absolute Gasteiger partial charge is 0.255 e. The van der Waals surface area contributed by atoms with E-state index < -0.39 is 11.7 Å². The topological polar surface area (TPSA) is 64.6 Å². The monoisotopic (exact) mass is 301 g/mol. The number of ketones is 1. The van der Waals surface area contributed by atoms with E-state index >= 15 is 0 Å². The third kappa shape index (κ3) is 2.50. The number of anilines is 1. The fourth-order valence-electron chi connectivity index (χ4n) is 2.25. The summed E-state index contributed by atoms with van der Waals surface area (Å²) < 4.78 is 23.7. The molecule has 0 aliphatic carbocycles. The highest BCUT2D eigenvalue weighted by Gasteiger charge is 2.24. The zero-order valence-electron chi connectivity index (χ0n) is 11.7. The number of ether oxygens (including phenoxy) is 2. The van der Waals surface area contributed by atoms with Gasteiger partial charge in [0.25, 0.3) is 5.91 Å². The van der Waals surface area contributed by atoms with Crippen LogP contribution in [0.1, 0.15) is 27.6 Å². The van der Waals surface area contributed by atoms with Crippen LogP contribution in [0.15, 0.2) is 36.4 Å². The summed E-state index contributed by atoms with van der Waals surface area (Å²) >= 11 is 0. The van der Waals surface area contributed by atoms with Gasteiger partial charge in [0.2, 0.25) is 6.79 Å². The zero-order valence-corrected chi connectivity index (χ0v) is 11.7. The van der Waals surface area contributed by atoms with Crippen LogP contribution < -0.4 is 14.8 Å². The van der Waals surface area contributed by atoms with Crippen LogP contribution in [0.25, 0.3) is 0 Å². The summed E-state index contributed by atoms with van der Waals surface area (Å²) in [5, 5.41) is 2.60. The molecule has 1 amide bonds. The molecule has 5 nitrogen and oxygen atoms in total. The van der Waals surface area contributed by atoms with Crippen molar-refractivity contribution >= 4 is 17.4 Å². The Morgan fingerprint density at radius 2 is 2.00 bits per heavy atom. The van der Waals surface area contributed by atoms with Gasteiger partial charge in [-0.2, -0.15) is 0 Å². The van der Waals surface area contributed by atoms with Crippen LogP contribution in [0.5, 0.6) is 11.5 Å². The number of nitrogens with one attached hydrogen (secondary N) is 1. The maximum Gasteiger partial charge on any atom is 0.255 e. The molecule has 0 saturated heterocycles. The number of carbonyl (C=O) groups is 2. The first-order valence-corrected chi connectivity index (χ1v) is 6.56. The SMILES string of the molecule is CC(=O)c1c(NC(=O)c2cccc(F)c2)ccc2c1OCO2. The van der Waals surface area contributed by atoms with E-state index in [2.05, 4.69) is 5.32 Å². The molecule has 2 aromatic rings. The summed E-state index contributed by atoms with van der Waals surface area (Å²) in [6, 6.07) is 8.46. The lowest BCUT2D eigenvalue weighted by molar-refractivity contribution is 0.101. The molecule has 1 aliphatic heterocycles. The number of halogens is 1. The van der Waals surface area contributed by atoms with Crippen molar-refractivity contribution in [3.05, 3.63) is 53.3 Å². The minimum absolute atomic E-state index is 0.0247. The Morgan fingerprint density at radius 3 is 2.73 bits per heavy atom. The third-order valence-electron chi connectivity index (χ3n) is 3.23. The molecule has 0 aromatic heterocycles. The molecule has 0 fully saturated rings. The first-order valence-electron chi connectivity index (χ1n) is 6.56. The van der Waals surface area contributed by atoms with Crippen LogP contribution >= 0.6 is 0 Å². The van der Waals surface area contributed by atoms with Gasteiger partial charge in [-0.25, -0.2) is 4.39 Å². The average molecular weight is 301 g/mol. The lowest BCUT2D eigenvalue weighted by Crippen LogP contribution is -2.14. The Balaban J connectivity index is 1.96. The minimum Gasteiger partial charge on any atom is -0.454 e. The van der Waals surface area contributed by atoms with Crippen molar-refractivity contribution in [1.82, 2.24) is 0 Å². The molecule has 22 heavy (non-hydrogen) atoms. The van der Waals surface area contributed by atoms with Gasteiger partial charge in [-0.05, 0) is 37.3 Å². The van der Waals surface area contributed by atoms with Crippen molar-refractivity contribution in [3.8, 4) is 11.5 Å². The molecule has 0 unspecified atom stereocenters. The Hall–Kier alpha value is -2.89. The molecule has 0 radical (unpaired) electrons. The summed E-state index contributed by atoms with van der Waals surface area (Å²) in [6.07, 6.45) is 0. The lowest BCUT2D eigenvalue weighted by Gasteiger charge is -2.11. The van der Waals surface area contributed by atoms with Crippen LogP contribution in [0.2, 0.25) is 0 Å². The molecule has 0 bridgehead atoms. The minimum atomic E-state index is -0.513. The van der Waals surface area contributed by atoms with Gasteiger partial charge in [0.05, 0.1) is 11.3 Å². The molecule has 3 rings (SSSR count). The van der Waals surface area contributed by atoms with E-state index in [1.165, 1.54) is 25.1 Å². The van der Waals surface area contributed by atoms with Gasteiger partial charge in [-0.3, -0.25) is 9.59 Å². The highest BCUT2D eigenvalue weighted by atomic mass is 19.1. The molecule has 0 spiro atoms. The number of amides is 1. The van der Waals surface area contributed by atoms with Crippen LogP contribution in [0, 0.1) is 5.82 Å². The first kappa shape index (κ1) is 14.1. The molecule has 1 heterocycles. The van der Waals surface area contributed by atoms with Gasteiger partial charge in [-0.15, -0.1) is 0 Å². The van der Waals surface area contributed by atoms with Crippen molar-refractivity contribution in [2.75, 3.05) is 12.1 Å². The van der Waals surface area contributed by atoms with E-state index in [0.717, 1.165) is 6.07 Å². The molecular weight excluding hydrogens is 289 g/mol. The van der Waals surface area contributed by atoms with Crippen LogP contribution in [0.4, 0.5) is 10.1 Å². The number of carbonyl (C=O) groups excluding carboxylic acids is 2. The fraction of sp³-hybridized carbons (Fsp3) is 0.125. The standard InChI is InChI=1S/C16H12FNO4/c1-9(19)14-12(5-6-13-15(14)22-8-21-13)18-16(20)10-3-2-4-11(17)7-10/h2-7H,8H2,1H3,(H,18,20).